The average Bonchev–Trinajstić information content (AvgIpc) is 3.08. The zero-order valence-corrected chi connectivity index (χ0v) is 14.5. The van der Waals surface area contributed by atoms with Crippen molar-refractivity contribution in [2.24, 2.45) is 4.99 Å². The number of aliphatic imine (C=N–C) groups is 1. The van der Waals surface area contributed by atoms with E-state index in [1.54, 1.807) is 25.5 Å². The van der Waals surface area contributed by atoms with Crippen LogP contribution in [-0.4, -0.2) is 42.1 Å². The molecule has 0 saturated carbocycles. The molecule has 0 radical (unpaired) electrons. The molecule has 2 aromatic rings. The van der Waals surface area contributed by atoms with Crippen molar-refractivity contribution in [2.45, 2.75) is 25.9 Å². The molecule has 3 rings (SSSR count). The molecule has 0 spiro atoms. The van der Waals surface area contributed by atoms with Crippen LogP contribution in [0.1, 0.15) is 17.7 Å². The van der Waals surface area contributed by atoms with Gasteiger partial charge in [-0.25, -0.2) is 9.37 Å². The van der Waals surface area contributed by atoms with E-state index in [-0.39, 0.29) is 11.9 Å². The second-order valence-corrected chi connectivity index (χ2v) is 6.08. The molecule has 1 saturated heterocycles. The SMILES string of the molecule is CN=C(NCc1ncccc1C)NC1CCN(c2ncccc2F)C1. The average molecular weight is 342 g/mol. The van der Waals surface area contributed by atoms with E-state index in [4.69, 9.17) is 0 Å². The summed E-state index contributed by atoms with van der Waals surface area (Å²) in [5.74, 6) is 0.855. The van der Waals surface area contributed by atoms with Crippen molar-refractivity contribution in [2.75, 3.05) is 25.0 Å². The van der Waals surface area contributed by atoms with Crippen LogP contribution in [0.4, 0.5) is 10.2 Å². The van der Waals surface area contributed by atoms with E-state index in [1.807, 2.05) is 24.0 Å². The van der Waals surface area contributed by atoms with Crippen LogP contribution in [0.3, 0.4) is 0 Å². The second-order valence-electron chi connectivity index (χ2n) is 6.08. The fourth-order valence-electron chi connectivity index (χ4n) is 2.94. The summed E-state index contributed by atoms with van der Waals surface area (Å²) in [6.07, 6.45) is 4.31. The molecule has 1 fully saturated rings. The summed E-state index contributed by atoms with van der Waals surface area (Å²) >= 11 is 0. The van der Waals surface area contributed by atoms with Crippen molar-refractivity contribution in [3.05, 3.63) is 53.7 Å². The van der Waals surface area contributed by atoms with E-state index >= 15 is 0 Å². The smallest absolute Gasteiger partial charge is 0.191 e. The molecular formula is C18H23FN6. The molecule has 25 heavy (non-hydrogen) atoms. The quantitative estimate of drug-likeness (QED) is 0.656. The van der Waals surface area contributed by atoms with Gasteiger partial charge in [-0.3, -0.25) is 9.98 Å². The highest BCUT2D eigenvalue weighted by atomic mass is 19.1. The largest absolute Gasteiger partial charge is 0.352 e. The first kappa shape index (κ1) is 17.1. The van der Waals surface area contributed by atoms with E-state index in [0.29, 0.717) is 18.9 Å². The molecule has 0 aromatic carbocycles. The number of halogens is 1. The first-order valence-corrected chi connectivity index (χ1v) is 8.40. The van der Waals surface area contributed by atoms with Crippen molar-refractivity contribution >= 4 is 11.8 Å². The van der Waals surface area contributed by atoms with Gasteiger partial charge >= 0.3 is 0 Å². The van der Waals surface area contributed by atoms with Crippen LogP contribution in [0.2, 0.25) is 0 Å². The number of pyridine rings is 2. The third kappa shape index (κ3) is 4.23. The van der Waals surface area contributed by atoms with Gasteiger partial charge < -0.3 is 15.5 Å². The number of hydrogen-bond acceptors (Lipinski definition) is 4. The Morgan fingerprint density at radius 1 is 1.32 bits per heavy atom. The molecule has 3 heterocycles. The van der Waals surface area contributed by atoms with Gasteiger partial charge in [0.25, 0.3) is 0 Å². The van der Waals surface area contributed by atoms with Gasteiger partial charge in [0.15, 0.2) is 17.6 Å². The Labute approximate surface area is 147 Å². The van der Waals surface area contributed by atoms with Crippen LogP contribution in [0.25, 0.3) is 0 Å². The summed E-state index contributed by atoms with van der Waals surface area (Å²) in [6.45, 7) is 4.10. The minimum absolute atomic E-state index is 0.192. The molecule has 1 atom stereocenters. The monoisotopic (exact) mass is 342 g/mol. The zero-order valence-electron chi connectivity index (χ0n) is 14.5. The van der Waals surface area contributed by atoms with Crippen molar-refractivity contribution < 1.29 is 4.39 Å². The number of hydrogen-bond donors (Lipinski definition) is 2. The molecule has 2 aromatic heterocycles. The van der Waals surface area contributed by atoms with E-state index < -0.39 is 0 Å². The predicted octanol–water partition coefficient (Wildman–Crippen LogP) is 1.87. The van der Waals surface area contributed by atoms with Gasteiger partial charge in [0.2, 0.25) is 0 Å². The highest BCUT2D eigenvalue weighted by Gasteiger charge is 2.25. The molecule has 2 N–H and O–H groups in total. The van der Waals surface area contributed by atoms with Crippen molar-refractivity contribution in [1.82, 2.24) is 20.6 Å². The van der Waals surface area contributed by atoms with Crippen LogP contribution in [0.15, 0.2) is 41.7 Å². The summed E-state index contributed by atoms with van der Waals surface area (Å²) in [5, 5.41) is 6.68. The summed E-state index contributed by atoms with van der Waals surface area (Å²) in [7, 11) is 1.74. The molecular weight excluding hydrogens is 319 g/mol. The minimum Gasteiger partial charge on any atom is -0.352 e. The summed E-state index contributed by atoms with van der Waals surface area (Å²) in [6, 6.07) is 7.21. The minimum atomic E-state index is -0.281. The van der Waals surface area contributed by atoms with Crippen molar-refractivity contribution in [1.29, 1.82) is 0 Å². The Hall–Kier alpha value is -2.70. The fourth-order valence-corrected chi connectivity index (χ4v) is 2.94. The standard InChI is InChI=1S/C18H23FN6/c1-13-5-3-8-21-16(13)11-23-18(20-2)24-14-7-10-25(12-14)17-15(19)6-4-9-22-17/h3-6,8-9,14H,7,10-12H2,1-2H3,(H2,20,23,24). The maximum absolute atomic E-state index is 13.9. The lowest BCUT2D eigenvalue weighted by Crippen LogP contribution is -2.44. The first-order chi connectivity index (χ1) is 12.2. The lowest BCUT2D eigenvalue weighted by Gasteiger charge is -2.20. The molecule has 7 heteroatoms. The third-order valence-corrected chi connectivity index (χ3v) is 4.33. The number of nitrogens with zero attached hydrogens (tertiary/aromatic N) is 4. The van der Waals surface area contributed by atoms with Gasteiger partial charge in [-0.1, -0.05) is 6.07 Å². The van der Waals surface area contributed by atoms with E-state index in [0.717, 1.165) is 30.2 Å². The second kappa shape index (κ2) is 7.92. The lowest BCUT2D eigenvalue weighted by molar-refractivity contribution is 0.612. The topological polar surface area (TPSA) is 65.4 Å². The molecule has 1 unspecified atom stereocenters. The maximum atomic E-state index is 13.9. The Bertz CT molecular complexity index is 748. The number of aryl methyl sites for hydroxylation is 1. The van der Waals surface area contributed by atoms with Gasteiger partial charge in [0.05, 0.1) is 12.2 Å². The van der Waals surface area contributed by atoms with Crippen LogP contribution < -0.4 is 15.5 Å². The van der Waals surface area contributed by atoms with Crippen LogP contribution in [0, 0.1) is 12.7 Å². The Morgan fingerprint density at radius 3 is 2.88 bits per heavy atom. The summed E-state index contributed by atoms with van der Waals surface area (Å²) in [5.41, 5.74) is 2.14. The molecule has 0 aliphatic carbocycles. The van der Waals surface area contributed by atoms with Crippen molar-refractivity contribution in [3.8, 4) is 0 Å². The first-order valence-electron chi connectivity index (χ1n) is 8.40. The number of anilines is 1. The zero-order chi connectivity index (χ0) is 17.6. The van der Waals surface area contributed by atoms with Crippen LogP contribution in [-0.2, 0) is 6.54 Å². The van der Waals surface area contributed by atoms with Gasteiger partial charge in [-0.05, 0) is 37.1 Å². The molecule has 6 nitrogen and oxygen atoms in total. The van der Waals surface area contributed by atoms with Gasteiger partial charge in [0.1, 0.15) is 0 Å². The lowest BCUT2D eigenvalue weighted by atomic mass is 10.2. The summed E-state index contributed by atoms with van der Waals surface area (Å²) < 4.78 is 13.9. The molecule has 0 bridgehead atoms. The highest BCUT2D eigenvalue weighted by Crippen LogP contribution is 2.20. The molecule has 1 aliphatic heterocycles. The Kier molecular flexibility index (Phi) is 5.42. The summed E-state index contributed by atoms with van der Waals surface area (Å²) in [4.78, 5) is 14.8. The van der Waals surface area contributed by atoms with E-state index in [9.17, 15) is 4.39 Å². The number of rotatable bonds is 4. The van der Waals surface area contributed by atoms with Crippen LogP contribution >= 0.6 is 0 Å². The van der Waals surface area contributed by atoms with Gasteiger partial charge in [-0.2, -0.15) is 0 Å². The number of aromatic nitrogens is 2. The van der Waals surface area contributed by atoms with Crippen molar-refractivity contribution in [3.63, 3.8) is 0 Å². The number of nitrogens with one attached hydrogen (secondary N) is 2. The third-order valence-electron chi connectivity index (χ3n) is 4.33. The predicted molar refractivity (Wildman–Crippen MR) is 97.1 cm³/mol. The number of guanidine groups is 1. The Morgan fingerprint density at radius 2 is 2.12 bits per heavy atom. The normalized spacial score (nSPS) is 17.6. The highest BCUT2D eigenvalue weighted by molar-refractivity contribution is 5.80. The Balaban J connectivity index is 1.55. The van der Waals surface area contributed by atoms with E-state index in [2.05, 4.69) is 25.6 Å². The van der Waals surface area contributed by atoms with Gasteiger partial charge in [-0.15, -0.1) is 0 Å². The van der Waals surface area contributed by atoms with Gasteiger partial charge in [0, 0.05) is 38.6 Å². The van der Waals surface area contributed by atoms with E-state index in [1.165, 1.54) is 6.07 Å². The maximum Gasteiger partial charge on any atom is 0.191 e. The molecule has 132 valence electrons. The molecule has 1 aliphatic rings. The fraction of sp³-hybridized carbons (Fsp3) is 0.389. The molecule has 0 amide bonds. The van der Waals surface area contributed by atoms with Crippen LogP contribution in [0.5, 0.6) is 0 Å².